The average molecular weight is 309 g/mol. The van der Waals surface area contributed by atoms with Gasteiger partial charge in [-0.25, -0.2) is 13.1 Å². The fourth-order valence-corrected chi connectivity index (χ4v) is 3.78. The molecule has 0 amide bonds. The topological polar surface area (TPSA) is 75.4 Å². The maximum Gasteiger partial charge on any atom is 0.240 e. The van der Waals surface area contributed by atoms with E-state index in [1.54, 1.807) is 12.1 Å². The summed E-state index contributed by atoms with van der Waals surface area (Å²) in [5.74, 6) is 0. The molecule has 3 N–H and O–H groups in total. The highest BCUT2D eigenvalue weighted by Gasteiger charge is 2.30. The molecule has 0 spiro atoms. The third-order valence-electron chi connectivity index (χ3n) is 3.97. The van der Waals surface area contributed by atoms with Crippen LogP contribution in [0, 0.1) is 0 Å². The number of hydrogen-bond acceptors (Lipinski definition) is 4. The van der Waals surface area contributed by atoms with Gasteiger partial charge in [-0.2, -0.15) is 0 Å². The molecule has 0 unspecified atom stereocenters. The summed E-state index contributed by atoms with van der Waals surface area (Å²) in [6.45, 7) is 1.62. The van der Waals surface area contributed by atoms with Crippen molar-refractivity contribution in [2.75, 3.05) is 18.0 Å². The predicted octanol–water partition coefficient (Wildman–Crippen LogP) is 1.44. The molecule has 0 bridgehead atoms. The van der Waals surface area contributed by atoms with Crippen LogP contribution in [0.1, 0.15) is 32.1 Å². The normalized spacial score (nSPS) is 18.7. The highest BCUT2D eigenvalue weighted by atomic mass is 32.2. The molecule has 1 aromatic carbocycles. The first-order valence-electron chi connectivity index (χ1n) is 7.69. The van der Waals surface area contributed by atoms with Crippen molar-refractivity contribution in [3.05, 3.63) is 24.3 Å². The molecular weight excluding hydrogens is 286 g/mol. The van der Waals surface area contributed by atoms with E-state index in [0.717, 1.165) is 31.5 Å². The van der Waals surface area contributed by atoms with E-state index in [0.29, 0.717) is 17.5 Å². The van der Waals surface area contributed by atoms with Gasteiger partial charge in [0.2, 0.25) is 10.0 Å². The van der Waals surface area contributed by atoms with Gasteiger partial charge in [0.15, 0.2) is 0 Å². The third-order valence-corrected chi connectivity index (χ3v) is 5.51. The molecule has 0 aromatic heterocycles. The summed E-state index contributed by atoms with van der Waals surface area (Å²) in [5.41, 5.74) is 6.69. The first-order valence-corrected chi connectivity index (χ1v) is 9.17. The fraction of sp³-hybridized carbons (Fsp3) is 0.600. The van der Waals surface area contributed by atoms with Crippen molar-refractivity contribution < 1.29 is 8.42 Å². The van der Waals surface area contributed by atoms with Crippen LogP contribution in [-0.4, -0.2) is 33.6 Å². The molecule has 1 aromatic rings. The Labute approximate surface area is 126 Å². The van der Waals surface area contributed by atoms with Crippen LogP contribution in [0.2, 0.25) is 0 Å². The molecule has 0 radical (unpaired) electrons. The van der Waals surface area contributed by atoms with Gasteiger partial charge in [-0.05, 0) is 62.9 Å². The Morgan fingerprint density at radius 3 is 2.33 bits per heavy atom. The summed E-state index contributed by atoms with van der Waals surface area (Å²) in [6.07, 6.45) is 5.29. The van der Waals surface area contributed by atoms with Crippen LogP contribution in [0.5, 0.6) is 0 Å². The van der Waals surface area contributed by atoms with Crippen LogP contribution in [0.15, 0.2) is 29.2 Å². The lowest BCUT2D eigenvalue weighted by atomic mass is 10.2. The molecule has 0 atom stereocenters. The summed E-state index contributed by atoms with van der Waals surface area (Å²) in [7, 11) is -3.35. The molecule has 2 fully saturated rings. The van der Waals surface area contributed by atoms with Crippen molar-refractivity contribution >= 4 is 15.7 Å². The largest absolute Gasteiger partial charge is 0.368 e. The van der Waals surface area contributed by atoms with E-state index in [9.17, 15) is 8.42 Å². The van der Waals surface area contributed by atoms with E-state index in [1.807, 2.05) is 12.1 Å². The second kappa shape index (κ2) is 5.94. The Hall–Kier alpha value is -1.11. The molecule has 0 heterocycles. The number of nitrogens with two attached hydrogens (primary N) is 1. The molecular formula is C15H23N3O2S. The first-order chi connectivity index (χ1) is 10.1. The van der Waals surface area contributed by atoms with Crippen LogP contribution in [0.4, 0.5) is 5.69 Å². The van der Waals surface area contributed by atoms with Gasteiger partial charge in [0.1, 0.15) is 0 Å². The number of sulfonamides is 1. The zero-order valence-corrected chi connectivity index (χ0v) is 13.0. The standard InChI is InChI=1S/C15H23N3O2S/c16-10-1-11-18(13-4-5-13)14-6-8-15(9-7-14)21(19,20)17-12-2-3-12/h6-9,12-13,17H,1-5,10-11,16H2. The number of hydrogen-bond donors (Lipinski definition) is 2. The summed E-state index contributed by atoms with van der Waals surface area (Å²) < 4.78 is 27.0. The smallest absolute Gasteiger partial charge is 0.240 e. The molecule has 116 valence electrons. The molecule has 2 aliphatic rings. The van der Waals surface area contributed by atoms with Crippen molar-refractivity contribution in [2.24, 2.45) is 5.73 Å². The zero-order chi connectivity index (χ0) is 14.9. The first kappa shape index (κ1) is 14.8. The second-order valence-corrected chi connectivity index (χ2v) is 7.67. The molecule has 3 rings (SSSR count). The Bertz CT molecular complexity index is 577. The van der Waals surface area contributed by atoms with E-state index in [1.165, 1.54) is 12.8 Å². The number of benzene rings is 1. The fourth-order valence-electron chi connectivity index (χ4n) is 2.48. The lowest BCUT2D eigenvalue weighted by molar-refractivity contribution is 0.581. The minimum Gasteiger partial charge on any atom is -0.368 e. The number of rotatable bonds is 8. The number of anilines is 1. The van der Waals surface area contributed by atoms with Crippen molar-refractivity contribution in [1.82, 2.24) is 4.72 Å². The van der Waals surface area contributed by atoms with Crippen LogP contribution in [0.3, 0.4) is 0 Å². The summed E-state index contributed by atoms with van der Waals surface area (Å²) >= 11 is 0. The molecule has 0 aliphatic heterocycles. The minimum atomic E-state index is -3.35. The van der Waals surface area contributed by atoms with Crippen LogP contribution in [0.25, 0.3) is 0 Å². The zero-order valence-electron chi connectivity index (χ0n) is 12.2. The van der Waals surface area contributed by atoms with Crippen molar-refractivity contribution in [3.8, 4) is 0 Å². The Morgan fingerprint density at radius 2 is 1.81 bits per heavy atom. The minimum absolute atomic E-state index is 0.141. The van der Waals surface area contributed by atoms with Gasteiger partial charge in [0.25, 0.3) is 0 Å². The average Bonchev–Trinajstić information content (AvgIpc) is 3.34. The Kier molecular flexibility index (Phi) is 4.19. The van der Waals surface area contributed by atoms with Gasteiger partial charge in [0, 0.05) is 24.3 Å². The van der Waals surface area contributed by atoms with E-state index < -0.39 is 10.0 Å². The SMILES string of the molecule is NCCCN(c1ccc(S(=O)(=O)NC2CC2)cc1)C1CC1. The maximum absolute atomic E-state index is 12.1. The molecule has 21 heavy (non-hydrogen) atoms. The highest BCUT2D eigenvalue weighted by Crippen LogP contribution is 2.32. The van der Waals surface area contributed by atoms with E-state index in [-0.39, 0.29) is 6.04 Å². The summed E-state index contributed by atoms with van der Waals surface area (Å²) in [4.78, 5) is 2.70. The van der Waals surface area contributed by atoms with E-state index in [4.69, 9.17) is 5.73 Å². The van der Waals surface area contributed by atoms with Crippen LogP contribution in [-0.2, 0) is 10.0 Å². The second-order valence-electron chi connectivity index (χ2n) is 5.96. The summed E-state index contributed by atoms with van der Waals surface area (Å²) in [5, 5.41) is 0. The van der Waals surface area contributed by atoms with E-state index in [2.05, 4.69) is 9.62 Å². The molecule has 2 saturated carbocycles. The highest BCUT2D eigenvalue weighted by molar-refractivity contribution is 7.89. The summed E-state index contributed by atoms with van der Waals surface area (Å²) in [6, 6.07) is 7.98. The van der Waals surface area contributed by atoms with Gasteiger partial charge in [-0.15, -0.1) is 0 Å². The molecule has 0 saturated heterocycles. The van der Waals surface area contributed by atoms with Crippen LogP contribution < -0.4 is 15.4 Å². The van der Waals surface area contributed by atoms with Gasteiger partial charge in [-0.1, -0.05) is 0 Å². The molecule has 6 heteroatoms. The lowest BCUT2D eigenvalue weighted by Crippen LogP contribution is -2.28. The van der Waals surface area contributed by atoms with Gasteiger partial charge >= 0.3 is 0 Å². The quantitative estimate of drug-likeness (QED) is 0.762. The lowest BCUT2D eigenvalue weighted by Gasteiger charge is -2.24. The molecule has 5 nitrogen and oxygen atoms in total. The Balaban J connectivity index is 1.72. The Morgan fingerprint density at radius 1 is 1.14 bits per heavy atom. The van der Waals surface area contributed by atoms with Crippen molar-refractivity contribution in [1.29, 1.82) is 0 Å². The number of nitrogens with one attached hydrogen (secondary N) is 1. The predicted molar refractivity (Wildman–Crippen MR) is 83.8 cm³/mol. The third kappa shape index (κ3) is 3.75. The van der Waals surface area contributed by atoms with Gasteiger partial charge in [-0.3, -0.25) is 0 Å². The van der Waals surface area contributed by atoms with Crippen molar-refractivity contribution in [3.63, 3.8) is 0 Å². The molecule has 2 aliphatic carbocycles. The van der Waals surface area contributed by atoms with Crippen molar-refractivity contribution in [2.45, 2.75) is 49.1 Å². The van der Waals surface area contributed by atoms with Gasteiger partial charge in [0.05, 0.1) is 4.90 Å². The maximum atomic E-state index is 12.1. The van der Waals surface area contributed by atoms with Crippen LogP contribution >= 0.6 is 0 Å². The number of nitrogens with zero attached hydrogens (tertiary/aromatic N) is 1. The van der Waals surface area contributed by atoms with E-state index >= 15 is 0 Å². The van der Waals surface area contributed by atoms with Gasteiger partial charge < -0.3 is 10.6 Å². The monoisotopic (exact) mass is 309 g/mol.